The number of rotatable bonds is 7. The Morgan fingerprint density at radius 3 is 2.57 bits per heavy atom. The molecule has 0 spiro atoms. The van der Waals surface area contributed by atoms with E-state index in [4.69, 9.17) is 4.74 Å². The molecule has 0 radical (unpaired) electrons. The van der Waals surface area contributed by atoms with Crippen LogP contribution < -0.4 is 15.6 Å². The molecule has 0 aliphatic carbocycles. The molecule has 0 fully saturated rings. The SMILES string of the molecule is CC(C)COc1ccc(CCNC(=O)c2ccc(=O)[nH]n2)cc1. The number of hydrogen-bond donors (Lipinski definition) is 2. The molecule has 2 N–H and O–H groups in total. The number of nitrogens with one attached hydrogen (secondary N) is 2. The number of carbonyl (C=O) groups is 1. The van der Waals surface area contributed by atoms with Crippen molar-refractivity contribution in [3.8, 4) is 5.75 Å². The van der Waals surface area contributed by atoms with Crippen LogP contribution in [0.5, 0.6) is 5.75 Å². The molecule has 0 atom stereocenters. The van der Waals surface area contributed by atoms with Crippen LogP contribution in [0.2, 0.25) is 0 Å². The van der Waals surface area contributed by atoms with Crippen LogP contribution in [0.1, 0.15) is 29.9 Å². The summed E-state index contributed by atoms with van der Waals surface area (Å²) in [5, 5.41) is 8.69. The Morgan fingerprint density at radius 2 is 1.96 bits per heavy atom. The second-order valence-corrected chi connectivity index (χ2v) is 5.66. The molecule has 2 rings (SSSR count). The van der Waals surface area contributed by atoms with Gasteiger partial charge < -0.3 is 10.1 Å². The smallest absolute Gasteiger partial charge is 0.271 e. The maximum Gasteiger partial charge on any atom is 0.271 e. The number of hydrogen-bond acceptors (Lipinski definition) is 4. The molecule has 1 heterocycles. The van der Waals surface area contributed by atoms with Crippen molar-refractivity contribution < 1.29 is 9.53 Å². The first-order chi connectivity index (χ1) is 11.0. The molecule has 0 aliphatic rings. The first kappa shape index (κ1) is 16.7. The van der Waals surface area contributed by atoms with Gasteiger partial charge in [0.2, 0.25) is 0 Å². The monoisotopic (exact) mass is 315 g/mol. The highest BCUT2D eigenvalue weighted by atomic mass is 16.5. The highest BCUT2D eigenvalue weighted by molar-refractivity contribution is 5.91. The Hall–Kier alpha value is -2.63. The Balaban J connectivity index is 1.78. The highest BCUT2D eigenvalue weighted by Gasteiger charge is 2.06. The number of H-pyrrole nitrogens is 1. The fraction of sp³-hybridized carbons (Fsp3) is 0.353. The summed E-state index contributed by atoms with van der Waals surface area (Å²) in [7, 11) is 0. The second-order valence-electron chi connectivity index (χ2n) is 5.66. The molecule has 0 saturated heterocycles. The minimum absolute atomic E-state index is 0.196. The lowest BCUT2D eigenvalue weighted by Gasteiger charge is -2.09. The molecule has 2 aromatic rings. The van der Waals surface area contributed by atoms with E-state index >= 15 is 0 Å². The topological polar surface area (TPSA) is 84.1 Å². The Kier molecular flexibility index (Phi) is 5.91. The lowest BCUT2D eigenvalue weighted by Crippen LogP contribution is -2.27. The standard InChI is InChI=1S/C17H21N3O3/c1-12(2)11-23-14-5-3-13(4-6-14)9-10-18-17(22)15-7-8-16(21)20-19-15/h3-8,12H,9-11H2,1-2H3,(H,18,22)(H,20,21). The first-order valence-corrected chi connectivity index (χ1v) is 7.60. The summed E-state index contributed by atoms with van der Waals surface area (Å²) >= 11 is 0. The highest BCUT2D eigenvalue weighted by Crippen LogP contribution is 2.13. The minimum Gasteiger partial charge on any atom is -0.493 e. The van der Waals surface area contributed by atoms with E-state index in [1.165, 1.54) is 12.1 Å². The molecule has 6 nitrogen and oxygen atoms in total. The van der Waals surface area contributed by atoms with Crippen molar-refractivity contribution in [2.24, 2.45) is 5.92 Å². The number of ether oxygens (including phenoxy) is 1. The fourth-order valence-electron chi connectivity index (χ4n) is 1.90. The Bertz CT molecular complexity index is 672. The Morgan fingerprint density at radius 1 is 1.22 bits per heavy atom. The minimum atomic E-state index is -0.332. The molecule has 122 valence electrons. The second kappa shape index (κ2) is 8.12. The quantitative estimate of drug-likeness (QED) is 0.815. The van der Waals surface area contributed by atoms with E-state index in [0.29, 0.717) is 25.5 Å². The van der Waals surface area contributed by atoms with Crippen LogP contribution in [-0.4, -0.2) is 29.3 Å². The summed E-state index contributed by atoms with van der Waals surface area (Å²) < 4.78 is 5.63. The maximum atomic E-state index is 11.8. The largest absolute Gasteiger partial charge is 0.493 e. The molecule has 23 heavy (non-hydrogen) atoms. The summed E-state index contributed by atoms with van der Waals surface area (Å²) in [6, 6.07) is 10.5. The van der Waals surface area contributed by atoms with E-state index in [1.54, 1.807) is 0 Å². The van der Waals surface area contributed by atoms with E-state index in [-0.39, 0.29) is 17.2 Å². The van der Waals surface area contributed by atoms with Crippen molar-refractivity contribution in [2.75, 3.05) is 13.2 Å². The van der Waals surface area contributed by atoms with Crippen molar-refractivity contribution in [1.82, 2.24) is 15.5 Å². The normalized spacial score (nSPS) is 10.6. The average molecular weight is 315 g/mol. The molecule has 6 heteroatoms. The number of benzene rings is 1. The van der Waals surface area contributed by atoms with E-state index in [2.05, 4.69) is 29.4 Å². The summed E-state index contributed by atoms with van der Waals surface area (Å²) in [6.07, 6.45) is 0.708. The predicted octanol–water partition coefficient (Wildman–Crippen LogP) is 1.78. The van der Waals surface area contributed by atoms with Crippen molar-refractivity contribution in [1.29, 1.82) is 0 Å². The molecule has 0 bridgehead atoms. The van der Waals surface area contributed by atoms with Crippen LogP contribution in [0.4, 0.5) is 0 Å². The van der Waals surface area contributed by atoms with Crippen LogP contribution in [0.15, 0.2) is 41.2 Å². The third-order valence-corrected chi connectivity index (χ3v) is 3.12. The zero-order chi connectivity index (χ0) is 16.7. The van der Waals surface area contributed by atoms with Gasteiger partial charge in [-0.2, -0.15) is 5.10 Å². The summed E-state index contributed by atoms with van der Waals surface area (Å²) in [5.74, 6) is 1.04. The third-order valence-electron chi connectivity index (χ3n) is 3.12. The molecule has 1 amide bonds. The lowest BCUT2D eigenvalue weighted by atomic mass is 10.1. The fourth-order valence-corrected chi connectivity index (χ4v) is 1.90. The van der Waals surface area contributed by atoms with Crippen LogP contribution in [0.3, 0.4) is 0 Å². The van der Waals surface area contributed by atoms with Gasteiger partial charge in [0, 0.05) is 12.6 Å². The van der Waals surface area contributed by atoms with E-state index in [1.807, 2.05) is 24.3 Å². The number of nitrogens with zero attached hydrogens (tertiary/aromatic N) is 1. The molecule has 1 aromatic heterocycles. The maximum absolute atomic E-state index is 11.8. The zero-order valence-electron chi connectivity index (χ0n) is 13.3. The van der Waals surface area contributed by atoms with E-state index < -0.39 is 0 Å². The molecular formula is C17H21N3O3. The van der Waals surface area contributed by atoms with E-state index in [9.17, 15) is 9.59 Å². The molecular weight excluding hydrogens is 294 g/mol. The van der Waals surface area contributed by atoms with Gasteiger partial charge in [-0.05, 0) is 36.1 Å². The molecule has 0 aliphatic heterocycles. The van der Waals surface area contributed by atoms with Gasteiger partial charge in [0.25, 0.3) is 11.5 Å². The summed E-state index contributed by atoms with van der Waals surface area (Å²) in [5.41, 5.74) is 0.972. The molecule has 0 saturated carbocycles. The predicted molar refractivity (Wildman–Crippen MR) is 87.7 cm³/mol. The van der Waals surface area contributed by atoms with Gasteiger partial charge in [-0.25, -0.2) is 5.10 Å². The number of aromatic nitrogens is 2. The van der Waals surface area contributed by atoms with Crippen LogP contribution >= 0.6 is 0 Å². The molecule has 1 aromatic carbocycles. The molecule has 0 unspecified atom stereocenters. The van der Waals surface area contributed by atoms with Gasteiger partial charge in [-0.15, -0.1) is 0 Å². The van der Waals surface area contributed by atoms with Crippen LogP contribution in [0.25, 0.3) is 0 Å². The van der Waals surface area contributed by atoms with Gasteiger partial charge in [0.1, 0.15) is 11.4 Å². The van der Waals surface area contributed by atoms with Crippen LogP contribution in [-0.2, 0) is 6.42 Å². The van der Waals surface area contributed by atoms with Crippen molar-refractivity contribution in [3.63, 3.8) is 0 Å². The van der Waals surface area contributed by atoms with E-state index in [0.717, 1.165) is 11.3 Å². The van der Waals surface area contributed by atoms with Gasteiger partial charge in [-0.1, -0.05) is 26.0 Å². The van der Waals surface area contributed by atoms with Gasteiger partial charge >= 0.3 is 0 Å². The summed E-state index contributed by atoms with van der Waals surface area (Å²) in [6.45, 7) is 5.40. The third kappa shape index (κ3) is 5.58. The number of aromatic amines is 1. The van der Waals surface area contributed by atoms with Gasteiger partial charge in [-0.3, -0.25) is 9.59 Å². The first-order valence-electron chi connectivity index (χ1n) is 7.60. The van der Waals surface area contributed by atoms with Crippen LogP contribution in [0, 0.1) is 5.92 Å². The average Bonchev–Trinajstić information content (AvgIpc) is 2.54. The number of carbonyl (C=O) groups excluding carboxylic acids is 1. The summed E-state index contributed by atoms with van der Waals surface area (Å²) in [4.78, 5) is 22.7. The van der Waals surface area contributed by atoms with Gasteiger partial charge in [0.05, 0.1) is 6.61 Å². The lowest BCUT2D eigenvalue weighted by molar-refractivity contribution is 0.0948. The van der Waals surface area contributed by atoms with Crippen molar-refractivity contribution >= 4 is 5.91 Å². The number of amides is 1. The van der Waals surface area contributed by atoms with Gasteiger partial charge in [0.15, 0.2) is 0 Å². The Labute approximate surface area is 134 Å². The van der Waals surface area contributed by atoms with Crippen molar-refractivity contribution in [3.05, 3.63) is 58.0 Å². The zero-order valence-corrected chi connectivity index (χ0v) is 13.3. The van der Waals surface area contributed by atoms with Crippen molar-refractivity contribution in [2.45, 2.75) is 20.3 Å².